The number of amides is 1. The van der Waals surface area contributed by atoms with Crippen molar-refractivity contribution in [2.75, 3.05) is 23.7 Å². The zero-order valence-electron chi connectivity index (χ0n) is 22.8. The van der Waals surface area contributed by atoms with Crippen LogP contribution in [0.15, 0.2) is 41.4 Å². The smallest absolute Gasteiger partial charge is 0.244 e. The Morgan fingerprint density at radius 3 is 2.44 bits per heavy atom. The number of hydrogen-bond donors (Lipinski definition) is 1. The summed E-state index contributed by atoms with van der Waals surface area (Å²) in [4.78, 5) is 32.6. The number of carbonyl (C=O) groups excluding carboxylic acids is 2. The Kier molecular flexibility index (Phi) is 9.02. The fraction of sp³-hybridized carbons (Fsp3) is 0.517. The van der Waals surface area contributed by atoms with Gasteiger partial charge in [0, 0.05) is 31.2 Å². The minimum atomic E-state index is -3.87. The van der Waals surface area contributed by atoms with Gasteiger partial charge in [0.05, 0.1) is 11.1 Å². The lowest BCUT2D eigenvalue weighted by molar-refractivity contribution is -0.123. The Bertz CT molecular complexity index is 1360. The summed E-state index contributed by atoms with van der Waals surface area (Å²) >= 11 is 1.53. The quantitative estimate of drug-likeness (QED) is 0.296. The van der Waals surface area contributed by atoms with E-state index >= 15 is 0 Å². The second-order valence-corrected chi connectivity index (χ2v) is 13.8. The van der Waals surface area contributed by atoms with Crippen molar-refractivity contribution in [2.45, 2.75) is 69.1 Å². The van der Waals surface area contributed by atoms with Crippen LogP contribution >= 0.6 is 11.8 Å². The van der Waals surface area contributed by atoms with Crippen LogP contribution in [0.4, 0.5) is 5.82 Å². The van der Waals surface area contributed by atoms with E-state index < -0.39 is 26.6 Å². The molecule has 2 aromatic rings. The molecular weight excluding hydrogens is 532 g/mol. The zero-order valence-corrected chi connectivity index (χ0v) is 24.4. The highest BCUT2D eigenvalue weighted by Crippen LogP contribution is 2.52. The molecule has 0 bridgehead atoms. The lowest BCUT2D eigenvalue weighted by Gasteiger charge is -2.33. The summed E-state index contributed by atoms with van der Waals surface area (Å²) in [6.45, 7) is 7.07. The molecule has 1 aromatic carbocycles. The first kappa shape index (κ1) is 29.1. The molecule has 2 fully saturated rings. The predicted molar refractivity (Wildman–Crippen MR) is 153 cm³/mol. The minimum absolute atomic E-state index is 0.0140. The summed E-state index contributed by atoms with van der Waals surface area (Å²) in [5.41, 5.74) is 1.55. The Labute approximate surface area is 235 Å². The molecule has 1 aliphatic carbocycles. The van der Waals surface area contributed by atoms with E-state index in [4.69, 9.17) is 4.98 Å². The Hall–Kier alpha value is -2.90. The van der Waals surface area contributed by atoms with E-state index in [1.54, 1.807) is 18.2 Å². The van der Waals surface area contributed by atoms with Crippen molar-refractivity contribution in [2.24, 2.45) is 11.8 Å². The molecular formula is C29H36N4O4S2. The van der Waals surface area contributed by atoms with Gasteiger partial charge in [-0.25, -0.2) is 13.4 Å². The predicted octanol–water partition coefficient (Wildman–Crippen LogP) is 5.04. The average Bonchev–Trinajstić information content (AvgIpc) is 3.75. The van der Waals surface area contributed by atoms with Crippen LogP contribution < -0.4 is 9.62 Å². The van der Waals surface area contributed by atoms with Crippen LogP contribution in [0.25, 0.3) is 0 Å². The molecule has 208 valence electrons. The summed E-state index contributed by atoms with van der Waals surface area (Å²) in [5.74, 6) is 0.787. The van der Waals surface area contributed by atoms with Crippen molar-refractivity contribution >= 4 is 39.3 Å². The number of rotatable bonds is 11. The number of anilines is 1. The Balaban J connectivity index is 1.47. The average molecular weight is 569 g/mol. The summed E-state index contributed by atoms with van der Waals surface area (Å²) in [6, 6.07) is 12.9. The Morgan fingerprint density at radius 2 is 1.87 bits per heavy atom. The molecule has 1 N–H and O–H groups in total. The zero-order chi connectivity index (χ0) is 28.2. The first-order chi connectivity index (χ1) is 18.6. The third-order valence-corrected chi connectivity index (χ3v) is 10.9. The summed E-state index contributed by atoms with van der Waals surface area (Å²) in [5, 5.41) is 10.5. The molecule has 2 aliphatic rings. The first-order valence-electron chi connectivity index (χ1n) is 13.6. The van der Waals surface area contributed by atoms with Crippen LogP contribution in [0.2, 0.25) is 0 Å². The van der Waals surface area contributed by atoms with E-state index in [-0.39, 0.29) is 5.78 Å². The van der Waals surface area contributed by atoms with Gasteiger partial charge in [-0.3, -0.25) is 14.3 Å². The number of piperidine rings is 1. The van der Waals surface area contributed by atoms with Gasteiger partial charge in [0.25, 0.3) is 0 Å². The summed E-state index contributed by atoms with van der Waals surface area (Å²) in [7, 11) is -3.87. The minimum Gasteiger partial charge on any atom is -0.355 e. The number of sulfonamides is 1. The van der Waals surface area contributed by atoms with Gasteiger partial charge in [0.15, 0.2) is 5.78 Å². The van der Waals surface area contributed by atoms with Crippen LogP contribution in [0, 0.1) is 23.2 Å². The van der Waals surface area contributed by atoms with E-state index in [1.807, 2.05) is 30.0 Å². The number of nitrogens with zero attached hydrogens (tertiary/aromatic N) is 3. The van der Waals surface area contributed by atoms with Crippen molar-refractivity contribution in [3.63, 3.8) is 0 Å². The van der Waals surface area contributed by atoms with Gasteiger partial charge in [-0.05, 0) is 49.7 Å². The second-order valence-electron chi connectivity index (χ2n) is 10.8. The molecule has 1 saturated carbocycles. The lowest BCUT2D eigenvalue weighted by atomic mass is 9.96. The number of thioether (sulfide) groups is 1. The number of nitriles is 1. The maximum Gasteiger partial charge on any atom is 0.244 e. The van der Waals surface area contributed by atoms with Crippen LogP contribution in [0.1, 0.15) is 80.8 Å². The third kappa shape index (κ3) is 6.30. The van der Waals surface area contributed by atoms with Crippen LogP contribution in [0.5, 0.6) is 0 Å². The third-order valence-electron chi connectivity index (χ3n) is 7.34. The van der Waals surface area contributed by atoms with Gasteiger partial charge in [0.1, 0.15) is 21.7 Å². The normalized spacial score (nSPS) is 17.1. The fourth-order valence-corrected chi connectivity index (χ4v) is 7.65. The molecule has 0 atom stereocenters. The van der Waals surface area contributed by atoms with Gasteiger partial charge in [0.2, 0.25) is 15.9 Å². The number of hydrogen-bond acceptors (Lipinski definition) is 8. The van der Waals surface area contributed by atoms with Crippen LogP contribution in [-0.2, 0) is 19.6 Å². The molecule has 39 heavy (non-hydrogen) atoms. The molecule has 0 unspecified atom stereocenters. The first-order valence-corrected chi connectivity index (χ1v) is 16.1. The largest absolute Gasteiger partial charge is 0.355 e. The molecule has 0 radical (unpaired) electrons. The molecule has 4 rings (SSSR count). The van der Waals surface area contributed by atoms with E-state index in [2.05, 4.69) is 24.6 Å². The SMILES string of the molecule is CCCC(=O)c1cc(C#N)c(N2CCC(C(=O)NS(=O)(=O)C3(c4ccccc4)CC3)CC2)nc1SCC(C)C. The van der Waals surface area contributed by atoms with E-state index in [9.17, 15) is 23.3 Å². The van der Waals surface area contributed by atoms with Gasteiger partial charge >= 0.3 is 0 Å². The molecule has 2 heterocycles. The molecule has 10 heteroatoms. The van der Waals surface area contributed by atoms with Crippen molar-refractivity contribution < 1.29 is 18.0 Å². The number of carbonyl (C=O) groups is 2. The summed E-state index contributed by atoms with van der Waals surface area (Å²) in [6.07, 6.45) is 2.99. The number of Topliss-reactive ketones (excluding diaryl/α,β-unsaturated/α-hetero) is 1. The highest BCUT2D eigenvalue weighted by molar-refractivity contribution is 7.99. The fourth-order valence-electron chi connectivity index (χ4n) is 4.96. The lowest BCUT2D eigenvalue weighted by Crippen LogP contribution is -2.45. The van der Waals surface area contributed by atoms with Gasteiger partial charge < -0.3 is 4.90 Å². The van der Waals surface area contributed by atoms with Crippen molar-refractivity contribution in [1.29, 1.82) is 5.26 Å². The monoisotopic (exact) mass is 568 g/mol. The molecule has 8 nitrogen and oxygen atoms in total. The van der Waals surface area contributed by atoms with Crippen molar-refractivity contribution in [1.82, 2.24) is 9.71 Å². The number of pyridine rings is 1. The van der Waals surface area contributed by atoms with Crippen molar-refractivity contribution in [3.8, 4) is 6.07 Å². The Morgan fingerprint density at radius 1 is 1.21 bits per heavy atom. The van der Waals surface area contributed by atoms with Gasteiger partial charge in [-0.15, -0.1) is 11.8 Å². The highest BCUT2D eigenvalue weighted by atomic mass is 32.2. The van der Waals surface area contributed by atoms with E-state index in [1.165, 1.54) is 11.8 Å². The maximum atomic E-state index is 13.2. The topological polar surface area (TPSA) is 120 Å². The van der Waals surface area contributed by atoms with E-state index in [0.29, 0.717) is 85.1 Å². The molecule has 1 aromatic heterocycles. The number of ketones is 1. The highest BCUT2D eigenvalue weighted by Gasteiger charge is 2.56. The summed E-state index contributed by atoms with van der Waals surface area (Å²) < 4.78 is 27.7. The molecule has 1 aliphatic heterocycles. The second kappa shape index (κ2) is 12.1. The number of benzene rings is 1. The molecule has 1 amide bonds. The van der Waals surface area contributed by atoms with Crippen LogP contribution in [-0.4, -0.2) is 43.9 Å². The van der Waals surface area contributed by atoms with E-state index in [0.717, 1.165) is 5.75 Å². The number of nitrogens with one attached hydrogen (secondary N) is 1. The standard InChI is InChI=1S/C29H36N4O4S2/c1-4-8-25(34)24-17-22(18-30)26(31-28(24)38-19-20(2)3)33-15-11-21(12-16-33)27(35)32-39(36,37)29(13-14-29)23-9-6-5-7-10-23/h5-7,9-10,17,20-21H,4,8,11-16,19H2,1-3H3,(H,32,35). The van der Waals surface area contributed by atoms with Gasteiger partial charge in [-0.2, -0.15) is 5.26 Å². The van der Waals surface area contributed by atoms with Crippen LogP contribution in [0.3, 0.4) is 0 Å². The molecule has 1 saturated heterocycles. The molecule has 0 spiro atoms. The number of aromatic nitrogens is 1. The van der Waals surface area contributed by atoms with Gasteiger partial charge in [-0.1, -0.05) is 51.1 Å². The van der Waals surface area contributed by atoms with Crippen molar-refractivity contribution in [3.05, 3.63) is 53.1 Å². The maximum absolute atomic E-state index is 13.2.